The molecule has 0 saturated heterocycles. The quantitative estimate of drug-likeness (QED) is 0.125. The molecule has 0 saturated carbocycles. The molecule has 0 radical (unpaired) electrons. The third-order valence-corrected chi connectivity index (χ3v) is 9.66. The molecule has 0 aliphatic carbocycles. The maximum atomic E-state index is 13.7. The van der Waals surface area contributed by atoms with E-state index in [2.05, 4.69) is 30.6 Å². The van der Waals surface area contributed by atoms with E-state index in [1.807, 2.05) is 147 Å². The third kappa shape index (κ3) is 9.30. The molecular formula is C49H40N8O2. The van der Waals surface area contributed by atoms with Gasteiger partial charge < -0.3 is 10.6 Å². The van der Waals surface area contributed by atoms with Crippen molar-refractivity contribution in [2.75, 3.05) is 5.32 Å². The second-order valence-corrected chi connectivity index (χ2v) is 14.4. The van der Waals surface area contributed by atoms with Gasteiger partial charge in [0.1, 0.15) is 6.04 Å². The number of carbonyl (C=O) groups is 2. The minimum absolute atomic E-state index is 0.150. The molecule has 1 atom stereocenters. The zero-order valence-electron chi connectivity index (χ0n) is 32.5. The molecule has 6 aromatic heterocycles. The Kier molecular flexibility index (Phi) is 11.4. The number of anilines is 1. The van der Waals surface area contributed by atoms with Crippen LogP contribution in [0.15, 0.2) is 170 Å². The highest BCUT2D eigenvalue weighted by atomic mass is 16.2. The molecule has 2 amide bonds. The van der Waals surface area contributed by atoms with Crippen LogP contribution in [0.5, 0.6) is 0 Å². The Morgan fingerprint density at radius 3 is 1.22 bits per heavy atom. The second-order valence-electron chi connectivity index (χ2n) is 14.4. The molecule has 0 aliphatic heterocycles. The number of pyridine rings is 6. The van der Waals surface area contributed by atoms with Crippen molar-refractivity contribution >= 4 is 17.5 Å². The van der Waals surface area contributed by atoms with Gasteiger partial charge in [-0.15, -0.1) is 0 Å². The molecule has 8 aromatic rings. The molecule has 2 aromatic carbocycles. The Balaban J connectivity index is 0.987. The zero-order valence-corrected chi connectivity index (χ0v) is 32.5. The van der Waals surface area contributed by atoms with Gasteiger partial charge in [-0.1, -0.05) is 62.4 Å². The van der Waals surface area contributed by atoms with E-state index in [4.69, 9.17) is 9.97 Å². The Bertz CT molecular complexity index is 2560. The summed E-state index contributed by atoms with van der Waals surface area (Å²) >= 11 is 0. The van der Waals surface area contributed by atoms with Gasteiger partial charge in [0.2, 0.25) is 5.91 Å². The SMILES string of the molecule is CC(C)C[C@H](NC(=O)c1ccc(-c2cc(-c3ccccn3)nc(-c3ccccn3)c2)cc1)C(=O)Nc1ccc(-c2cc(-c3ccccn3)nc(-c3ccccn3)c2)cc1. The fraction of sp³-hybridized carbons (Fsp3) is 0.102. The lowest BCUT2D eigenvalue weighted by atomic mass is 10.00. The van der Waals surface area contributed by atoms with E-state index in [0.29, 0.717) is 29.1 Å². The van der Waals surface area contributed by atoms with Crippen LogP contribution in [-0.4, -0.2) is 47.8 Å². The summed E-state index contributed by atoms with van der Waals surface area (Å²) in [6.45, 7) is 4.05. The van der Waals surface area contributed by atoms with Crippen molar-refractivity contribution in [2.45, 2.75) is 26.3 Å². The summed E-state index contributed by atoms with van der Waals surface area (Å²) in [6, 6.07) is 45.1. The predicted octanol–water partition coefficient (Wildman–Crippen LogP) is 9.84. The number of amides is 2. The average Bonchev–Trinajstić information content (AvgIpc) is 3.30. The molecule has 6 heterocycles. The summed E-state index contributed by atoms with van der Waals surface area (Å²) < 4.78 is 0. The van der Waals surface area contributed by atoms with Crippen molar-refractivity contribution < 1.29 is 9.59 Å². The number of rotatable bonds is 12. The monoisotopic (exact) mass is 772 g/mol. The van der Waals surface area contributed by atoms with E-state index in [-0.39, 0.29) is 17.7 Å². The van der Waals surface area contributed by atoms with E-state index in [9.17, 15) is 9.59 Å². The van der Waals surface area contributed by atoms with Crippen LogP contribution in [-0.2, 0) is 4.79 Å². The normalized spacial score (nSPS) is 11.5. The lowest BCUT2D eigenvalue weighted by Crippen LogP contribution is -2.44. The molecule has 10 heteroatoms. The number of nitrogens with one attached hydrogen (secondary N) is 2. The van der Waals surface area contributed by atoms with E-state index >= 15 is 0 Å². The maximum absolute atomic E-state index is 13.7. The fourth-order valence-electron chi connectivity index (χ4n) is 6.71. The highest BCUT2D eigenvalue weighted by molar-refractivity contribution is 6.01. The Hall–Kier alpha value is -7.72. The summed E-state index contributed by atoms with van der Waals surface area (Å²) in [5, 5.41) is 6.01. The molecular weight excluding hydrogens is 733 g/mol. The van der Waals surface area contributed by atoms with Crippen LogP contribution >= 0.6 is 0 Å². The summed E-state index contributed by atoms with van der Waals surface area (Å²) in [7, 11) is 0. The summed E-state index contributed by atoms with van der Waals surface area (Å²) in [5.74, 6) is -0.482. The largest absolute Gasteiger partial charge is 0.340 e. The standard InChI is InChI=1S/C49H40N8O2/c1-32(2)27-47(49(59)54-38-21-19-34(20-22-38)37-30-45(41-13-5-9-25-52-41)56-46(31-37)42-14-6-10-26-53-42)57-48(58)35-17-15-33(16-18-35)36-28-43(39-11-3-7-23-50-39)55-44(29-36)40-12-4-8-24-51-40/h3-26,28-32,47H,27H2,1-2H3,(H,54,59)(H,57,58)/t47-/m0/s1. The Labute approximate surface area is 342 Å². The van der Waals surface area contributed by atoms with Crippen LogP contribution in [0.1, 0.15) is 30.6 Å². The molecule has 8 rings (SSSR count). The van der Waals surface area contributed by atoms with Crippen molar-refractivity contribution in [1.29, 1.82) is 0 Å². The molecule has 10 nitrogen and oxygen atoms in total. The Morgan fingerprint density at radius 2 is 0.864 bits per heavy atom. The minimum atomic E-state index is -0.758. The second kappa shape index (κ2) is 17.6. The van der Waals surface area contributed by atoms with Crippen molar-refractivity contribution in [3.8, 4) is 67.8 Å². The highest BCUT2D eigenvalue weighted by Crippen LogP contribution is 2.31. The van der Waals surface area contributed by atoms with Crippen molar-refractivity contribution in [3.63, 3.8) is 0 Å². The molecule has 2 N–H and O–H groups in total. The van der Waals surface area contributed by atoms with Crippen molar-refractivity contribution in [1.82, 2.24) is 35.2 Å². The lowest BCUT2D eigenvalue weighted by Gasteiger charge is -2.20. The first-order valence-electron chi connectivity index (χ1n) is 19.4. The number of carbonyl (C=O) groups excluding carboxylic acids is 2. The molecule has 288 valence electrons. The first kappa shape index (κ1) is 38.2. The van der Waals surface area contributed by atoms with Crippen LogP contribution in [0.2, 0.25) is 0 Å². The van der Waals surface area contributed by atoms with Gasteiger partial charge in [0.15, 0.2) is 0 Å². The van der Waals surface area contributed by atoms with Gasteiger partial charge in [-0.05, 0) is 132 Å². The smallest absolute Gasteiger partial charge is 0.251 e. The average molecular weight is 773 g/mol. The molecule has 0 bridgehead atoms. The van der Waals surface area contributed by atoms with Gasteiger partial charge in [-0.2, -0.15) is 0 Å². The molecule has 0 fully saturated rings. The van der Waals surface area contributed by atoms with Crippen LogP contribution in [0.3, 0.4) is 0 Å². The lowest BCUT2D eigenvalue weighted by molar-refractivity contribution is -0.118. The van der Waals surface area contributed by atoms with Gasteiger partial charge >= 0.3 is 0 Å². The number of hydrogen-bond acceptors (Lipinski definition) is 8. The summed E-state index contributed by atoms with van der Waals surface area (Å²) in [5.41, 5.74) is 10.6. The Morgan fingerprint density at radius 1 is 0.475 bits per heavy atom. The first-order chi connectivity index (χ1) is 28.9. The third-order valence-electron chi connectivity index (χ3n) is 9.66. The van der Waals surface area contributed by atoms with Gasteiger partial charge in [-0.25, -0.2) is 9.97 Å². The number of benzene rings is 2. The molecule has 0 aliphatic rings. The van der Waals surface area contributed by atoms with Crippen LogP contribution < -0.4 is 10.6 Å². The fourth-order valence-corrected chi connectivity index (χ4v) is 6.71. The number of aromatic nitrogens is 6. The van der Waals surface area contributed by atoms with Gasteiger partial charge in [0, 0.05) is 36.0 Å². The van der Waals surface area contributed by atoms with Crippen molar-refractivity contribution in [3.05, 3.63) is 176 Å². The predicted molar refractivity (Wildman–Crippen MR) is 232 cm³/mol. The van der Waals surface area contributed by atoms with E-state index in [1.54, 1.807) is 36.9 Å². The summed E-state index contributed by atoms with van der Waals surface area (Å²) in [6.07, 6.45) is 7.43. The molecule has 0 spiro atoms. The molecule has 59 heavy (non-hydrogen) atoms. The zero-order chi connectivity index (χ0) is 40.6. The van der Waals surface area contributed by atoms with Crippen LogP contribution in [0, 0.1) is 5.92 Å². The van der Waals surface area contributed by atoms with Crippen LogP contribution in [0.4, 0.5) is 5.69 Å². The number of hydrogen-bond donors (Lipinski definition) is 2. The summed E-state index contributed by atoms with van der Waals surface area (Å²) in [4.78, 5) is 55.2. The van der Waals surface area contributed by atoms with E-state index < -0.39 is 6.04 Å². The van der Waals surface area contributed by atoms with Crippen LogP contribution in [0.25, 0.3) is 67.8 Å². The van der Waals surface area contributed by atoms with Crippen molar-refractivity contribution in [2.24, 2.45) is 5.92 Å². The van der Waals surface area contributed by atoms with E-state index in [0.717, 1.165) is 56.4 Å². The van der Waals surface area contributed by atoms with Gasteiger partial charge in [0.25, 0.3) is 5.91 Å². The first-order valence-corrected chi connectivity index (χ1v) is 19.4. The minimum Gasteiger partial charge on any atom is -0.340 e. The topological polar surface area (TPSA) is 136 Å². The van der Waals surface area contributed by atoms with Gasteiger partial charge in [0.05, 0.1) is 45.6 Å². The number of nitrogens with zero attached hydrogens (tertiary/aromatic N) is 6. The highest BCUT2D eigenvalue weighted by Gasteiger charge is 2.23. The van der Waals surface area contributed by atoms with Gasteiger partial charge in [-0.3, -0.25) is 29.5 Å². The van der Waals surface area contributed by atoms with E-state index in [1.165, 1.54) is 0 Å². The maximum Gasteiger partial charge on any atom is 0.251 e. The molecule has 0 unspecified atom stereocenters.